The molecule has 1 atom stereocenters. The lowest BCUT2D eigenvalue weighted by molar-refractivity contribution is 0.0971. The number of halogens is 2. The van der Waals surface area contributed by atoms with Gasteiger partial charge in [-0.3, -0.25) is 14.5 Å². The number of amides is 1. The van der Waals surface area contributed by atoms with Crippen LogP contribution in [0.4, 0.5) is 5.13 Å². The molecule has 0 radical (unpaired) electrons. The van der Waals surface area contributed by atoms with Gasteiger partial charge >= 0.3 is 0 Å². The van der Waals surface area contributed by atoms with Gasteiger partial charge in [-0.2, -0.15) is 0 Å². The first-order valence-electron chi connectivity index (χ1n) is 8.29. The first kappa shape index (κ1) is 17.4. The third-order valence-electron chi connectivity index (χ3n) is 4.62. The number of anilines is 1. The third kappa shape index (κ3) is 2.57. The van der Waals surface area contributed by atoms with Crippen molar-refractivity contribution in [2.75, 3.05) is 4.90 Å². The van der Waals surface area contributed by atoms with Gasteiger partial charge in [-0.05, 0) is 35.9 Å². The maximum Gasteiger partial charge on any atom is 0.297 e. The van der Waals surface area contributed by atoms with E-state index < -0.39 is 11.9 Å². The van der Waals surface area contributed by atoms with E-state index in [0.29, 0.717) is 31.7 Å². The number of carbonyl (C=O) groups is 1. The molecule has 0 fully saturated rings. The summed E-state index contributed by atoms with van der Waals surface area (Å²) in [6.45, 7) is 0. The topological polar surface area (TPSA) is 63.4 Å². The van der Waals surface area contributed by atoms with Crippen LogP contribution >= 0.6 is 34.5 Å². The molecule has 0 spiro atoms. The lowest BCUT2D eigenvalue weighted by Gasteiger charge is -2.22. The van der Waals surface area contributed by atoms with E-state index in [1.807, 2.05) is 6.07 Å². The predicted octanol–water partition coefficient (Wildman–Crippen LogP) is 5.31. The first-order valence-corrected chi connectivity index (χ1v) is 9.93. The van der Waals surface area contributed by atoms with Crippen LogP contribution in [0.25, 0.3) is 11.0 Å². The van der Waals surface area contributed by atoms with Crippen molar-refractivity contribution in [3.05, 3.63) is 91.2 Å². The zero-order valence-electron chi connectivity index (χ0n) is 14.1. The smallest absolute Gasteiger partial charge is 0.297 e. The van der Waals surface area contributed by atoms with Gasteiger partial charge in [0.25, 0.3) is 5.91 Å². The number of benzene rings is 2. The highest BCUT2D eigenvalue weighted by Crippen LogP contribution is 2.42. The Morgan fingerprint density at radius 3 is 2.64 bits per heavy atom. The van der Waals surface area contributed by atoms with Gasteiger partial charge in [-0.25, -0.2) is 4.98 Å². The molecule has 1 amide bonds. The Morgan fingerprint density at radius 2 is 1.89 bits per heavy atom. The molecule has 0 N–H and O–H groups in total. The number of fused-ring (bicyclic) bond motifs is 2. The van der Waals surface area contributed by atoms with Gasteiger partial charge in [-0.15, -0.1) is 11.3 Å². The van der Waals surface area contributed by atoms with Crippen LogP contribution in [-0.2, 0) is 0 Å². The van der Waals surface area contributed by atoms with Gasteiger partial charge in [0.2, 0.25) is 5.76 Å². The first-order chi connectivity index (χ1) is 13.5. The van der Waals surface area contributed by atoms with Crippen LogP contribution in [-0.4, -0.2) is 10.9 Å². The average Bonchev–Trinajstić information content (AvgIpc) is 3.29. The molecule has 0 saturated heterocycles. The van der Waals surface area contributed by atoms with Crippen molar-refractivity contribution in [3.8, 4) is 0 Å². The molecule has 5 nitrogen and oxygen atoms in total. The van der Waals surface area contributed by atoms with Crippen LogP contribution in [0, 0.1) is 0 Å². The quantitative estimate of drug-likeness (QED) is 0.434. The minimum Gasteiger partial charge on any atom is -0.450 e. The molecule has 2 aromatic carbocycles. The summed E-state index contributed by atoms with van der Waals surface area (Å²) in [5.41, 5.74) is 0.976. The van der Waals surface area contributed by atoms with Crippen LogP contribution in [0.15, 0.2) is 63.3 Å². The predicted molar refractivity (Wildman–Crippen MR) is 110 cm³/mol. The van der Waals surface area contributed by atoms with E-state index in [9.17, 15) is 9.59 Å². The highest BCUT2D eigenvalue weighted by Gasteiger charge is 2.44. The van der Waals surface area contributed by atoms with E-state index in [1.165, 1.54) is 16.2 Å². The summed E-state index contributed by atoms with van der Waals surface area (Å²) in [5.74, 6) is -0.399. The van der Waals surface area contributed by atoms with Crippen LogP contribution in [0.5, 0.6) is 0 Å². The largest absolute Gasteiger partial charge is 0.450 e. The minimum atomic E-state index is -0.688. The van der Waals surface area contributed by atoms with E-state index in [2.05, 4.69) is 4.98 Å². The number of hydrogen-bond acceptors (Lipinski definition) is 5. The summed E-state index contributed by atoms with van der Waals surface area (Å²) in [6.07, 6.45) is 1.61. The van der Waals surface area contributed by atoms with E-state index in [4.69, 9.17) is 27.6 Å². The lowest BCUT2D eigenvalue weighted by atomic mass is 9.99. The van der Waals surface area contributed by atoms with Crippen molar-refractivity contribution in [1.29, 1.82) is 0 Å². The fourth-order valence-corrected chi connectivity index (χ4v) is 4.51. The molecule has 4 aromatic rings. The van der Waals surface area contributed by atoms with Crippen LogP contribution in [0.1, 0.15) is 27.7 Å². The zero-order valence-corrected chi connectivity index (χ0v) is 16.4. The Kier molecular flexibility index (Phi) is 4.01. The molecule has 0 saturated carbocycles. The second-order valence-electron chi connectivity index (χ2n) is 6.26. The average molecular weight is 429 g/mol. The Balaban J connectivity index is 1.85. The Bertz CT molecular complexity index is 1300. The Morgan fingerprint density at radius 1 is 1.07 bits per heavy atom. The summed E-state index contributed by atoms with van der Waals surface area (Å²) in [6, 6.07) is 11.1. The van der Waals surface area contributed by atoms with E-state index in [-0.39, 0.29) is 16.8 Å². The summed E-state index contributed by atoms with van der Waals surface area (Å²) in [7, 11) is 0. The lowest BCUT2D eigenvalue weighted by Crippen LogP contribution is -2.29. The number of carbonyl (C=O) groups excluding carboxylic acids is 1. The molecule has 2 aromatic heterocycles. The normalized spacial score (nSPS) is 16.0. The molecule has 1 aliphatic rings. The van der Waals surface area contributed by atoms with Crippen LogP contribution < -0.4 is 10.3 Å². The van der Waals surface area contributed by atoms with Crippen LogP contribution in [0.3, 0.4) is 0 Å². The van der Waals surface area contributed by atoms with E-state index in [1.54, 1.807) is 48.0 Å². The summed E-state index contributed by atoms with van der Waals surface area (Å²) < 4.78 is 5.86. The molecule has 0 bridgehead atoms. The SMILES string of the molecule is O=C1c2oc3ccc(Cl)cc3c(=O)c2C(c2cccc(Cl)c2)N1c1nccs1. The molecule has 8 heteroatoms. The van der Waals surface area contributed by atoms with Crippen LogP contribution in [0.2, 0.25) is 10.0 Å². The molecule has 28 heavy (non-hydrogen) atoms. The molecule has 138 valence electrons. The monoisotopic (exact) mass is 428 g/mol. The maximum absolute atomic E-state index is 13.4. The number of aromatic nitrogens is 1. The van der Waals surface area contributed by atoms with Gasteiger partial charge in [0.05, 0.1) is 17.0 Å². The van der Waals surface area contributed by atoms with Gasteiger partial charge < -0.3 is 4.42 Å². The maximum atomic E-state index is 13.4. The zero-order chi connectivity index (χ0) is 19.4. The molecular weight excluding hydrogens is 419 g/mol. The summed E-state index contributed by atoms with van der Waals surface area (Å²) >= 11 is 13.6. The fraction of sp³-hybridized carbons (Fsp3) is 0.0500. The van der Waals surface area contributed by atoms with Gasteiger partial charge in [-0.1, -0.05) is 35.3 Å². The fourth-order valence-electron chi connectivity index (χ4n) is 3.47. The van der Waals surface area contributed by atoms with Crippen molar-refractivity contribution >= 4 is 56.5 Å². The number of rotatable bonds is 2. The highest BCUT2D eigenvalue weighted by molar-refractivity contribution is 7.13. The number of hydrogen-bond donors (Lipinski definition) is 0. The van der Waals surface area contributed by atoms with Crippen molar-refractivity contribution in [2.45, 2.75) is 6.04 Å². The minimum absolute atomic E-state index is 0.0139. The van der Waals surface area contributed by atoms with Gasteiger partial charge in [0, 0.05) is 21.6 Å². The van der Waals surface area contributed by atoms with E-state index in [0.717, 1.165) is 0 Å². The van der Waals surface area contributed by atoms with Crippen molar-refractivity contribution in [1.82, 2.24) is 4.98 Å². The highest BCUT2D eigenvalue weighted by atomic mass is 35.5. The third-order valence-corrected chi connectivity index (χ3v) is 5.86. The molecule has 0 aliphatic carbocycles. The second-order valence-corrected chi connectivity index (χ2v) is 8.01. The molecular formula is C20H10Cl2N2O3S. The number of nitrogens with zero attached hydrogens (tertiary/aromatic N) is 2. The van der Waals surface area contributed by atoms with Gasteiger partial charge in [0.15, 0.2) is 10.6 Å². The van der Waals surface area contributed by atoms with Crippen molar-refractivity contribution < 1.29 is 9.21 Å². The van der Waals surface area contributed by atoms with Crippen molar-refractivity contribution in [3.63, 3.8) is 0 Å². The van der Waals surface area contributed by atoms with Crippen molar-refractivity contribution in [2.24, 2.45) is 0 Å². The molecule has 5 rings (SSSR count). The standard InChI is InChI=1S/C20H10Cl2N2O3S/c21-11-3-1-2-10(8-11)16-15-17(25)13-9-12(22)4-5-14(13)27-18(15)19(26)24(16)20-23-6-7-28-20/h1-9,16H. The molecule has 1 aliphatic heterocycles. The summed E-state index contributed by atoms with van der Waals surface area (Å²) in [5, 5.41) is 3.49. The second kappa shape index (κ2) is 6.44. The van der Waals surface area contributed by atoms with E-state index >= 15 is 0 Å². The Hall–Kier alpha value is -2.67. The molecule has 3 heterocycles. The number of thiazole rings is 1. The Labute approximate surface area is 172 Å². The summed E-state index contributed by atoms with van der Waals surface area (Å²) in [4.78, 5) is 32.3. The van der Waals surface area contributed by atoms with Gasteiger partial charge in [0.1, 0.15) is 5.58 Å². The molecule has 1 unspecified atom stereocenters.